The summed E-state index contributed by atoms with van der Waals surface area (Å²) in [5, 5.41) is 6.39. The maximum absolute atomic E-state index is 13.1. The molecule has 0 aliphatic rings. The Morgan fingerprint density at radius 1 is 0.955 bits per heavy atom. The SMILES string of the molecule is COc1cc(C=CC(=O)NCC(=O)N(C)c2ccc(C)c(COc3cccc4c(C)cc(C)nc34)c2C)ccc1NC(C)=O. The average Bonchev–Trinajstić information content (AvgIpc) is 2.98. The number of rotatable bonds is 10. The van der Waals surface area contributed by atoms with E-state index in [1.165, 1.54) is 20.1 Å². The summed E-state index contributed by atoms with van der Waals surface area (Å²) in [5.74, 6) is 0.281. The number of pyridine rings is 1. The summed E-state index contributed by atoms with van der Waals surface area (Å²) < 4.78 is 11.6. The molecule has 1 heterocycles. The molecule has 2 N–H and O–H groups in total. The molecule has 9 nitrogen and oxygen atoms in total. The van der Waals surface area contributed by atoms with Gasteiger partial charge in [-0.3, -0.25) is 14.4 Å². The topological polar surface area (TPSA) is 110 Å². The minimum Gasteiger partial charge on any atom is -0.495 e. The molecule has 1 aromatic heterocycles. The number of nitrogens with one attached hydrogen (secondary N) is 2. The number of nitrogens with zero attached hydrogens (tertiary/aromatic N) is 2. The van der Waals surface area contributed by atoms with E-state index in [1.807, 2.05) is 51.1 Å². The van der Waals surface area contributed by atoms with Crippen molar-refractivity contribution in [1.82, 2.24) is 10.3 Å². The molecule has 3 amide bonds. The highest BCUT2D eigenvalue weighted by atomic mass is 16.5. The Kier molecular flexibility index (Phi) is 10.0. The summed E-state index contributed by atoms with van der Waals surface area (Å²) >= 11 is 0. The number of methoxy groups -OCH3 is 1. The normalized spacial score (nSPS) is 11.0. The maximum atomic E-state index is 13.1. The predicted molar refractivity (Wildman–Crippen MR) is 174 cm³/mol. The van der Waals surface area contributed by atoms with Crippen molar-refractivity contribution in [3.8, 4) is 11.5 Å². The predicted octanol–water partition coefficient (Wildman–Crippen LogP) is 5.81. The van der Waals surface area contributed by atoms with Gasteiger partial charge in [0.05, 0.1) is 19.3 Å². The van der Waals surface area contributed by atoms with E-state index in [2.05, 4.69) is 23.6 Å². The van der Waals surface area contributed by atoms with Crippen LogP contribution >= 0.6 is 0 Å². The highest BCUT2D eigenvalue weighted by Crippen LogP contribution is 2.30. The van der Waals surface area contributed by atoms with E-state index in [-0.39, 0.29) is 18.4 Å². The first-order valence-corrected chi connectivity index (χ1v) is 14.3. The third-order valence-corrected chi connectivity index (χ3v) is 7.43. The zero-order valence-electron chi connectivity index (χ0n) is 26.2. The van der Waals surface area contributed by atoms with Gasteiger partial charge in [0.15, 0.2) is 0 Å². The molecular weight excluding hydrogens is 556 g/mol. The van der Waals surface area contributed by atoms with Gasteiger partial charge in [-0.05, 0) is 91.9 Å². The van der Waals surface area contributed by atoms with E-state index >= 15 is 0 Å². The minimum absolute atomic E-state index is 0.177. The van der Waals surface area contributed by atoms with Gasteiger partial charge in [-0.1, -0.05) is 24.3 Å². The lowest BCUT2D eigenvalue weighted by Gasteiger charge is -2.23. The van der Waals surface area contributed by atoms with Crippen LogP contribution in [0.25, 0.3) is 17.0 Å². The summed E-state index contributed by atoms with van der Waals surface area (Å²) in [6.45, 7) is 9.57. The summed E-state index contributed by atoms with van der Waals surface area (Å²) in [4.78, 5) is 43.2. The number of carbonyl (C=O) groups is 3. The first-order valence-electron chi connectivity index (χ1n) is 14.3. The van der Waals surface area contributed by atoms with E-state index in [0.29, 0.717) is 29.4 Å². The van der Waals surface area contributed by atoms with Crippen molar-refractivity contribution in [2.75, 3.05) is 30.9 Å². The van der Waals surface area contributed by atoms with Crippen LogP contribution in [0, 0.1) is 27.7 Å². The second-order valence-electron chi connectivity index (χ2n) is 10.7. The fourth-order valence-corrected chi connectivity index (χ4v) is 5.04. The molecule has 9 heteroatoms. The molecule has 0 radical (unpaired) electrons. The molecule has 0 bridgehead atoms. The van der Waals surface area contributed by atoms with Gasteiger partial charge in [-0.2, -0.15) is 0 Å². The highest BCUT2D eigenvalue weighted by Gasteiger charge is 2.18. The van der Waals surface area contributed by atoms with Crippen molar-refractivity contribution in [3.63, 3.8) is 0 Å². The van der Waals surface area contributed by atoms with E-state index in [9.17, 15) is 14.4 Å². The molecule has 228 valence electrons. The number of ether oxygens (including phenoxy) is 2. The Balaban J connectivity index is 1.41. The van der Waals surface area contributed by atoms with Crippen molar-refractivity contribution < 1.29 is 23.9 Å². The van der Waals surface area contributed by atoms with Gasteiger partial charge in [0.2, 0.25) is 17.7 Å². The second kappa shape index (κ2) is 13.9. The zero-order chi connectivity index (χ0) is 32.0. The van der Waals surface area contributed by atoms with Crippen LogP contribution in [0.5, 0.6) is 11.5 Å². The first-order chi connectivity index (χ1) is 21.0. The monoisotopic (exact) mass is 594 g/mol. The van der Waals surface area contributed by atoms with Crippen LogP contribution in [0.1, 0.15) is 40.4 Å². The number of carbonyl (C=O) groups excluding carboxylic acids is 3. The van der Waals surface area contributed by atoms with Crippen molar-refractivity contribution in [1.29, 1.82) is 0 Å². The third kappa shape index (κ3) is 7.42. The lowest BCUT2D eigenvalue weighted by molar-refractivity contribution is -0.122. The number of aryl methyl sites for hydroxylation is 3. The van der Waals surface area contributed by atoms with E-state index in [4.69, 9.17) is 14.5 Å². The number of aromatic nitrogens is 1. The molecule has 0 aliphatic carbocycles. The van der Waals surface area contributed by atoms with Crippen molar-refractivity contribution in [2.45, 2.75) is 41.2 Å². The standard InChI is InChI=1S/C35H38N4O5/c1-21-11-15-30(24(4)28(21)20-44-31-10-8-9-27-22(2)17-23(3)37-35(27)31)39(6)34(42)19-36-33(41)16-13-26-12-14-29(38-25(5)40)32(18-26)43-7/h8-18H,19-20H2,1-7H3,(H,36,41)(H,38,40). The van der Waals surface area contributed by atoms with Crippen LogP contribution in [0.15, 0.2) is 60.7 Å². The van der Waals surface area contributed by atoms with Gasteiger partial charge in [0, 0.05) is 36.8 Å². The molecule has 3 aromatic carbocycles. The van der Waals surface area contributed by atoms with Crippen LogP contribution in [0.2, 0.25) is 0 Å². The number of benzene rings is 3. The molecule has 0 spiro atoms. The molecule has 4 rings (SSSR count). The number of para-hydroxylation sites is 1. The maximum Gasteiger partial charge on any atom is 0.246 e. The molecule has 0 unspecified atom stereocenters. The van der Waals surface area contributed by atoms with Crippen LogP contribution in [-0.2, 0) is 21.0 Å². The van der Waals surface area contributed by atoms with Gasteiger partial charge >= 0.3 is 0 Å². The number of anilines is 2. The fourth-order valence-electron chi connectivity index (χ4n) is 5.04. The Labute approximate surface area is 257 Å². The summed E-state index contributed by atoms with van der Waals surface area (Å²) in [6.07, 6.45) is 2.95. The summed E-state index contributed by atoms with van der Waals surface area (Å²) in [7, 11) is 3.19. The molecule has 0 fully saturated rings. The van der Waals surface area contributed by atoms with Crippen LogP contribution in [-0.4, -0.2) is 43.4 Å². The molecule has 44 heavy (non-hydrogen) atoms. The molecule has 0 saturated carbocycles. The van der Waals surface area contributed by atoms with E-state index < -0.39 is 5.91 Å². The van der Waals surface area contributed by atoms with Crippen molar-refractivity contribution in [2.24, 2.45) is 0 Å². The lowest BCUT2D eigenvalue weighted by atomic mass is 10.0. The number of amides is 3. The van der Waals surface area contributed by atoms with Gasteiger partial charge in [-0.25, -0.2) is 4.98 Å². The molecular formula is C35H38N4O5. The minimum atomic E-state index is -0.416. The number of fused-ring (bicyclic) bond motifs is 1. The largest absolute Gasteiger partial charge is 0.495 e. The fraction of sp³-hybridized carbons (Fsp3) is 0.257. The van der Waals surface area contributed by atoms with Crippen LogP contribution in [0.4, 0.5) is 11.4 Å². The van der Waals surface area contributed by atoms with Crippen molar-refractivity contribution >= 4 is 46.1 Å². The van der Waals surface area contributed by atoms with E-state index in [0.717, 1.165) is 44.5 Å². The summed E-state index contributed by atoms with van der Waals surface area (Å²) in [6, 6.07) is 17.0. The molecule has 4 aromatic rings. The highest BCUT2D eigenvalue weighted by molar-refractivity contribution is 5.99. The summed E-state index contributed by atoms with van der Waals surface area (Å²) in [5.41, 5.74) is 7.82. The quantitative estimate of drug-likeness (QED) is 0.225. The second-order valence-corrected chi connectivity index (χ2v) is 10.7. The van der Waals surface area contributed by atoms with Gasteiger partial charge in [0.1, 0.15) is 23.6 Å². The van der Waals surface area contributed by atoms with Crippen LogP contribution < -0.4 is 25.0 Å². The van der Waals surface area contributed by atoms with Crippen molar-refractivity contribution in [3.05, 3.63) is 94.2 Å². The third-order valence-electron chi connectivity index (χ3n) is 7.43. The van der Waals surface area contributed by atoms with Crippen LogP contribution in [0.3, 0.4) is 0 Å². The van der Waals surface area contributed by atoms with E-state index in [1.54, 1.807) is 36.2 Å². The lowest BCUT2D eigenvalue weighted by Crippen LogP contribution is -2.38. The number of likely N-dealkylation sites (N-methyl/N-ethyl adjacent to an activating group) is 1. The molecule has 0 aliphatic heterocycles. The van der Waals surface area contributed by atoms with Gasteiger partial charge < -0.3 is 25.0 Å². The van der Waals surface area contributed by atoms with Gasteiger partial charge in [-0.15, -0.1) is 0 Å². The number of hydrogen-bond acceptors (Lipinski definition) is 6. The molecule has 0 saturated heterocycles. The Hall–Kier alpha value is -5.18. The smallest absolute Gasteiger partial charge is 0.246 e. The van der Waals surface area contributed by atoms with Gasteiger partial charge in [0.25, 0.3) is 0 Å². The first kappa shape index (κ1) is 31.7. The Bertz CT molecular complexity index is 1760. The molecule has 0 atom stereocenters. The number of hydrogen-bond donors (Lipinski definition) is 2. The zero-order valence-corrected chi connectivity index (χ0v) is 26.2. The Morgan fingerprint density at radius 3 is 2.45 bits per heavy atom. The Morgan fingerprint density at radius 2 is 1.73 bits per heavy atom. The average molecular weight is 595 g/mol.